The zero-order valence-electron chi connectivity index (χ0n) is 7.79. The largest absolute Gasteiger partial charge is 2.00 e. The Labute approximate surface area is 89.0 Å². The first kappa shape index (κ1) is 12.9. The van der Waals surface area contributed by atoms with Gasteiger partial charge >= 0.3 is 46.0 Å². The van der Waals surface area contributed by atoms with Crippen molar-refractivity contribution in [3.63, 3.8) is 0 Å². The summed E-state index contributed by atoms with van der Waals surface area (Å²) in [6.07, 6.45) is 0.866. The van der Waals surface area contributed by atoms with Crippen LogP contribution in [0.3, 0.4) is 0 Å². The molecule has 0 heterocycles. The van der Waals surface area contributed by atoms with Crippen molar-refractivity contribution < 1.29 is 16.5 Å². The van der Waals surface area contributed by atoms with Crippen molar-refractivity contribution >= 4 is 46.0 Å². The smallest absolute Gasteiger partial charge is 1.00 e. The third kappa shape index (κ3) is 9.28. The van der Waals surface area contributed by atoms with E-state index in [1.807, 2.05) is 6.92 Å². The van der Waals surface area contributed by atoms with Gasteiger partial charge in [0.2, 0.25) is 0 Å². The van der Waals surface area contributed by atoms with Crippen LogP contribution in [-0.2, 0) is 13.6 Å². The van der Waals surface area contributed by atoms with E-state index in [0.29, 0.717) is 6.61 Å². The molecule has 0 aliphatic carbocycles. The minimum atomic E-state index is -1.83. The van der Waals surface area contributed by atoms with Crippen LogP contribution < -0.4 is 0 Å². The normalized spacial score (nSPS) is 10.2. The van der Waals surface area contributed by atoms with Gasteiger partial charge in [0.05, 0.1) is 7.11 Å². The molecular formula is C4H12CaO3P+. The molecule has 0 aliphatic heterocycles. The first-order valence-electron chi connectivity index (χ1n) is 2.45. The van der Waals surface area contributed by atoms with Crippen molar-refractivity contribution in [2.45, 2.75) is 13.3 Å². The Morgan fingerprint density at radius 2 is 2.22 bits per heavy atom. The average molecular weight is 179 g/mol. The summed E-state index contributed by atoms with van der Waals surface area (Å²) >= 11 is 0. The van der Waals surface area contributed by atoms with Crippen molar-refractivity contribution in [2.75, 3.05) is 13.7 Å². The standard InChI is InChI=1S/C4H10O3P.Ca.2H/c1-3-4-7-8(5)6-2;;;/h3-4H2,1-2H3;;;/q+1;+2;2*-1. The Kier molecular flexibility index (Phi) is 13.3. The van der Waals surface area contributed by atoms with Gasteiger partial charge in [0.15, 0.2) is 0 Å². The van der Waals surface area contributed by atoms with Gasteiger partial charge in [-0.1, -0.05) is 6.92 Å². The van der Waals surface area contributed by atoms with E-state index in [-0.39, 0.29) is 40.6 Å². The van der Waals surface area contributed by atoms with E-state index in [1.54, 1.807) is 0 Å². The quantitative estimate of drug-likeness (QED) is 0.485. The van der Waals surface area contributed by atoms with Crippen LogP contribution in [0.4, 0.5) is 0 Å². The van der Waals surface area contributed by atoms with Crippen LogP contribution in [0.5, 0.6) is 0 Å². The molecule has 0 aliphatic rings. The summed E-state index contributed by atoms with van der Waals surface area (Å²) in [6, 6.07) is 0. The van der Waals surface area contributed by atoms with Crippen LogP contribution >= 0.6 is 8.25 Å². The molecule has 0 N–H and O–H groups in total. The monoisotopic (exact) mass is 179 g/mol. The first-order chi connectivity index (χ1) is 3.81. The second kappa shape index (κ2) is 9.28. The van der Waals surface area contributed by atoms with Crippen LogP contribution in [0.1, 0.15) is 16.2 Å². The van der Waals surface area contributed by atoms with Crippen LogP contribution in [0.15, 0.2) is 0 Å². The molecule has 0 amide bonds. The molecule has 5 heteroatoms. The predicted molar refractivity (Wildman–Crippen MR) is 38.8 cm³/mol. The Hall–Kier alpha value is 1.28. The maximum Gasteiger partial charge on any atom is 2.00 e. The Morgan fingerprint density at radius 3 is 2.56 bits per heavy atom. The molecule has 0 saturated heterocycles. The fourth-order valence-electron chi connectivity index (χ4n) is 0.219. The molecule has 0 rings (SSSR count). The summed E-state index contributed by atoms with van der Waals surface area (Å²) in [5.41, 5.74) is 0. The van der Waals surface area contributed by atoms with Gasteiger partial charge in [-0.3, -0.25) is 0 Å². The first-order valence-corrected chi connectivity index (χ1v) is 3.55. The van der Waals surface area contributed by atoms with E-state index < -0.39 is 8.25 Å². The van der Waals surface area contributed by atoms with Gasteiger partial charge in [-0.25, -0.2) is 0 Å². The van der Waals surface area contributed by atoms with Crippen molar-refractivity contribution in [3.8, 4) is 0 Å². The summed E-state index contributed by atoms with van der Waals surface area (Å²) in [5.74, 6) is 0. The molecule has 0 spiro atoms. The minimum Gasteiger partial charge on any atom is -1.00 e. The average Bonchev–Trinajstić information content (AvgIpc) is 1.83. The number of rotatable bonds is 4. The van der Waals surface area contributed by atoms with Crippen LogP contribution in [0.2, 0.25) is 0 Å². The Morgan fingerprint density at radius 1 is 1.67 bits per heavy atom. The molecule has 3 nitrogen and oxygen atoms in total. The van der Waals surface area contributed by atoms with Crippen LogP contribution in [0.25, 0.3) is 0 Å². The molecule has 0 aromatic carbocycles. The van der Waals surface area contributed by atoms with Crippen LogP contribution in [0, 0.1) is 0 Å². The molecule has 1 unspecified atom stereocenters. The van der Waals surface area contributed by atoms with Crippen molar-refractivity contribution in [2.24, 2.45) is 0 Å². The third-order valence-electron chi connectivity index (χ3n) is 0.550. The van der Waals surface area contributed by atoms with Crippen molar-refractivity contribution in [3.05, 3.63) is 0 Å². The van der Waals surface area contributed by atoms with E-state index in [9.17, 15) is 4.57 Å². The molecule has 9 heavy (non-hydrogen) atoms. The molecule has 0 radical (unpaired) electrons. The molecular weight excluding hydrogens is 167 g/mol. The number of hydrogen-bond donors (Lipinski definition) is 0. The van der Waals surface area contributed by atoms with Crippen molar-refractivity contribution in [1.29, 1.82) is 0 Å². The molecule has 0 bridgehead atoms. The molecule has 0 aromatic rings. The second-order valence-corrected chi connectivity index (χ2v) is 2.31. The molecule has 0 fully saturated rings. The van der Waals surface area contributed by atoms with Gasteiger partial charge in [-0.05, 0) is 6.42 Å². The zero-order chi connectivity index (χ0) is 6.41. The summed E-state index contributed by atoms with van der Waals surface area (Å²) in [7, 11) is -0.479. The van der Waals surface area contributed by atoms with E-state index in [0.717, 1.165) is 6.42 Å². The molecule has 1 atom stereocenters. The van der Waals surface area contributed by atoms with Gasteiger partial charge in [-0.15, -0.1) is 9.05 Å². The van der Waals surface area contributed by atoms with Gasteiger partial charge in [0.1, 0.15) is 6.61 Å². The Bertz CT molecular complexity index is 85.7. The van der Waals surface area contributed by atoms with E-state index >= 15 is 0 Å². The summed E-state index contributed by atoms with van der Waals surface area (Å²) in [6.45, 7) is 2.45. The molecule has 0 saturated carbocycles. The van der Waals surface area contributed by atoms with Gasteiger partial charge < -0.3 is 2.85 Å². The SMILES string of the molecule is CCCO[P+](=O)OC.[Ca+2].[H-].[H-]. The number of hydrogen-bond acceptors (Lipinski definition) is 3. The van der Waals surface area contributed by atoms with Crippen LogP contribution in [-0.4, -0.2) is 51.5 Å². The van der Waals surface area contributed by atoms with Gasteiger partial charge in [0.25, 0.3) is 0 Å². The van der Waals surface area contributed by atoms with Crippen molar-refractivity contribution in [1.82, 2.24) is 0 Å². The van der Waals surface area contributed by atoms with E-state index in [2.05, 4.69) is 9.05 Å². The van der Waals surface area contributed by atoms with E-state index in [1.165, 1.54) is 7.11 Å². The zero-order valence-corrected chi connectivity index (χ0v) is 8.90. The molecule has 52 valence electrons. The fourth-order valence-corrected chi connectivity index (χ4v) is 0.656. The third-order valence-corrected chi connectivity index (χ3v) is 1.24. The van der Waals surface area contributed by atoms with Gasteiger partial charge in [0, 0.05) is 4.57 Å². The molecule has 0 aromatic heterocycles. The Balaban J connectivity index is -0.0000000817. The maximum atomic E-state index is 10.3. The summed E-state index contributed by atoms with van der Waals surface area (Å²) in [4.78, 5) is 0. The fraction of sp³-hybridized carbons (Fsp3) is 1.00. The summed E-state index contributed by atoms with van der Waals surface area (Å²) in [5, 5.41) is 0. The van der Waals surface area contributed by atoms with E-state index in [4.69, 9.17) is 0 Å². The second-order valence-electron chi connectivity index (χ2n) is 1.24. The summed E-state index contributed by atoms with van der Waals surface area (Å²) < 4.78 is 19.2. The minimum absolute atomic E-state index is 0. The van der Waals surface area contributed by atoms with Gasteiger partial charge in [-0.2, -0.15) is 0 Å². The topological polar surface area (TPSA) is 35.5 Å². The predicted octanol–water partition coefficient (Wildman–Crippen LogP) is 1.56. The maximum absolute atomic E-state index is 10.3.